The average molecular weight is 298 g/mol. The van der Waals surface area contributed by atoms with Crippen LogP contribution in [-0.4, -0.2) is 52.7 Å². The molecule has 1 unspecified atom stereocenters. The molecule has 0 aromatic carbocycles. The van der Waals surface area contributed by atoms with E-state index >= 15 is 0 Å². The molecule has 7 heteroatoms. The van der Waals surface area contributed by atoms with Crippen molar-refractivity contribution in [2.75, 3.05) is 19.8 Å². The molecule has 1 aromatic heterocycles. The van der Waals surface area contributed by atoms with Crippen LogP contribution in [0.5, 0.6) is 0 Å². The Hall–Kier alpha value is -1.47. The number of piperidine rings is 1. The average Bonchev–Trinajstić information content (AvgIpc) is 2.96. The largest absolute Gasteiger partial charge is 0.461 e. The number of thiazole rings is 1. The Labute approximate surface area is 121 Å². The molecule has 110 valence electrons. The molecule has 0 radical (unpaired) electrons. The van der Waals surface area contributed by atoms with Gasteiger partial charge in [0.2, 0.25) is 5.01 Å². The molecular weight excluding hydrogens is 280 g/mol. The number of aromatic nitrogens is 1. The van der Waals surface area contributed by atoms with Gasteiger partial charge in [-0.05, 0) is 26.2 Å². The van der Waals surface area contributed by atoms with Crippen LogP contribution < -0.4 is 0 Å². The smallest absolute Gasteiger partial charge is 0.367 e. The van der Waals surface area contributed by atoms with Gasteiger partial charge in [0.1, 0.15) is 5.69 Å². The molecule has 0 aliphatic carbocycles. The number of amides is 1. The van der Waals surface area contributed by atoms with E-state index in [9.17, 15) is 14.7 Å². The van der Waals surface area contributed by atoms with Gasteiger partial charge in [-0.2, -0.15) is 0 Å². The summed E-state index contributed by atoms with van der Waals surface area (Å²) < 4.78 is 4.85. The maximum Gasteiger partial charge on any atom is 0.367 e. The highest BCUT2D eigenvalue weighted by molar-refractivity contribution is 7.11. The Morgan fingerprint density at radius 3 is 3.05 bits per heavy atom. The standard InChI is InChI=1S/C13H18N2O4S/c1-2-19-13(18)11-14-10(8-20-11)12(17)15-6-4-3-5-9(15)7-16/h8-9,16H,2-7H2,1H3. The summed E-state index contributed by atoms with van der Waals surface area (Å²) in [6.45, 7) is 2.58. The first-order valence-electron chi connectivity index (χ1n) is 6.71. The van der Waals surface area contributed by atoms with Gasteiger partial charge in [-0.15, -0.1) is 11.3 Å². The van der Waals surface area contributed by atoms with Crippen molar-refractivity contribution >= 4 is 23.2 Å². The zero-order valence-corrected chi connectivity index (χ0v) is 12.2. The summed E-state index contributed by atoms with van der Waals surface area (Å²) in [5.41, 5.74) is 0.249. The van der Waals surface area contributed by atoms with Crippen molar-refractivity contribution in [2.24, 2.45) is 0 Å². The molecule has 0 spiro atoms. The molecule has 1 fully saturated rings. The van der Waals surface area contributed by atoms with Gasteiger partial charge < -0.3 is 14.7 Å². The molecule has 1 aliphatic heterocycles. The van der Waals surface area contributed by atoms with E-state index in [1.807, 2.05) is 0 Å². The highest BCUT2D eigenvalue weighted by Crippen LogP contribution is 2.20. The van der Waals surface area contributed by atoms with E-state index in [1.165, 1.54) is 0 Å². The van der Waals surface area contributed by atoms with Gasteiger partial charge in [-0.1, -0.05) is 0 Å². The number of nitrogens with zero attached hydrogens (tertiary/aromatic N) is 2. The molecule has 2 rings (SSSR count). The number of rotatable bonds is 4. The highest BCUT2D eigenvalue weighted by Gasteiger charge is 2.28. The molecular formula is C13H18N2O4S. The molecule has 0 bridgehead atoms. The van der Waals surface area contributed by atoms with Gasteiger partial charge in [0.05, 0.1) is 19.3 Å². The number of esters is 1. The first kappa shape index (κ1) is 14.9. The van der Waals surface area contributed by atoms with E-state index < -0.39 is 5.97 Å². The summed E-state index contributed by atoms with van der Waals surface area (Å²) in [6, 6.07) is -0.149. The fourth-order valence-electron chi connectivity index (χ4n) is 2.26. The molecule has 1 amide bonds. The third-order valence-electron chi connectivity index (χ3n) is 3.27. The molecule has 1 saturated heterocycles. The van der Waals surface area contributed by atoms with E-state index in [2.05, 4.69) is 4.98 Å². The minimum absolute atomic E-state index is 0.0411. The van der Waals surface area contributed by atoms with E-state index in [0.29, 0.717) is 6.54 Å². The lowest BCUT2D eigenvalue weighted by Gasteiger charge is -2.34. The number of ether oxygens (including phenoxy) is 1. The quantitative estimate of drug-likeness (QED) is 0.848. The number of carbonyl (C=O) groups is 2. The number of hydrogen-bond acceptors (Lipinski definition) is 6. The van der Waals surface area contributed by atoms with Crippen LogP contribution in [0.3, 0.4) is 0 Å². The van der Waals surface area contributed by atoms with E-state index in [-0.39, 0.29) is 35.9 Å². The second kappa shape index (κ2) is 6.81. The van der Waals surface area contributed by atoms with Crippen LogP contribution in [0.1, 0.15) is 46.5 Å². The van der Waals surface area contributed by atoms with Gasteiger partial charge in [0.25, 0.3) is 5.91 Å². The van der Waals surface area contributed by atoms with Crippen LogP contribution in [0.4, 0.5) is 0 Å². The summed E-state index contributed by atoms with van der Waals surface area (Å²) in [7, 11) is 0. The van der Waals surface area contributed by atoms with E-state index in [1.54, 1.807) is 17.2 Å². The SMILES string of the molecule is CCOC(=O)c1nc(C(=O)N2CCCCC2CO)cs1. The predicted molar refractivity (Wildman–Crippen MR) is 73.8 cm³/mol. The van der Waals surface area contributed by atoms with Crippen molar-refractivity contribution in [1.29, 1.82) is 0 Å². The van der Waals surface area contributed by atoms with Crippen molar-refractivity contribution in [3.63, 3.8) is 0 Å². The second-order valence-corrected chi connectivity index (χ2v) is 5.45. The summed E-state index contributed by atoms with van der Waals surface area (Å²) in [4.78, 5) is 29.6. The first-order chi connectivity index (χ1) is 9.67. The van der Waals surface area contributed by atoms with Crippen LogP contribution in [0.25, 0.3) is 0 Å². The molecule has 20 heavy (non-hydrogen) atoms. The number of hydrogen-bond donors (Lipinski definition) is 1. The van der Waals surface area contributed by atoms with E-state index in [0.717, 1.165) is 30.6 Å². The Morgan fingerprint density at radius 1 is 1.55 bits per heavy atom. The topological polar surface area (TPSA) is 79.7 Å². The van der Waals surface area contributed by atoms with Crippen LogP contribution >= 0.6 is 11.3 Å². The minimum atomic E-state index is -0.506. The summed E-state index contributed by atoms with van der Waals surface area (Å²) in [6.07, 6.45) is 2.74. The Kier molecular flexibility index (Phi) is 5.08. The van der Waals surface area contributed by atoms with Gasteiger partial charge in [-0.25, -0.2) is 9.78 Å². The maximum absolute atomic E-state index is 12.4. The lowest BCUT2D eigenvalue weighted by atomic mass is 10.0. The molecule has 1 aliphatic rings. The van der Waals surface area contributed by atoms with Crippen molar-refractivity contribution in [1.82, 2.24) is 9.88 Å². The Bertz CT molecular complexity index is 488. The summed E-state index contributed by atoms with van der Waals surface area (Å²) in [5, 5.41) is 11.1. The van der Waals surface area contributed by atoms with Gasteiger partial charge in [0.15, 0.2) is 0 Å². The van der Waals surface area contributed by atoms with Crippen molar-refractivity contribution in [2.45, 2.75) is 32.2 Å². The van der Waals surface area contributed by atoms with Gasteiger partial charge >= 0.3 is 5.97 Å². The molecule has 6 nitrogen and oxygen atoms in total. The van der Waals surface area contributed by atoms with Gasteiger partial charge in [-0.3, -0.25) is 4.79 Å². The van der Waals surface area contributed by atoms with Crippen LogP contribution in [0.15, 0.2) is 5.38 Å². The minimum Gasteiger partial charge on any atom is -0.461 e. The number of carbonyl (C=O) groups excluding carboxylic acids is 2. The fraction of sp³-hybridized carbons (Fsp3) is 0.615. The highest BCUT2D eigenvalue weighted by atomic mass is 32.1. The number of aliphatic hydroxyl groups is 1. The second-order valence-electron chi connectivity index (χ2n) is 4.59. The number of likely N-dealkylation sites (tertiary alicyclic amines) is 1. The van der Waals surface area contributed by atoms with E-state index in [4.69, 9.17) is 4.74 Å². The van der Waals surface area contributed by atoms with Crippen molar-refractivity contribution in [3.05, 3.63) is 16.1 Å². The van der Waals surface area contributed by atoms with Crippen molar-refractivity contribution < 1.29 is 19.4 Å². The van der Waals surface area contributed by atoms with Crippen LogP contribution in [0.2, 0.25) is 0 Å². The molecule has 2 heterocycles. The van der Waals surface area contributed by atoms with Crippen molar-refractivity contribution in [3.8, 4) is 0 Å². The zero-order chi connectivity index (χ0) is 14.5. The fourth-order valence-corrected chi connectivity index (χ4v) is 2.95. The Morgan fingerprint density at radius 2 is 2.35 bits per heavy atom. The summed E-state index contributed by atoms with van der Waals surface area (Å²) in [5.74, 6) is -0.732. The monoisotopic (exact) mass is 298 g/mol. The third-order valence-corrected chi connectivity index (χ3v) is 4.09. The maximum atomic E-state index is 12.4. The lowest BCUT2D eigenvalue weighted by Crippen LogP contribution is -2.45. The number of aliphatic hydroxyl groups excluding tert-OH is 1. The first-order valence-corrected chi connectivity index (χ1v) is 7.59. The zero-order valence-electron chi connectivity index (χ0n) is 11.4. The third kappa shape index (κ3) is 3.16. The molecule has 1 aromatic rings. The van der Waals surface area contributed by atoms with Crippen LogP contribution in [0, 0.1) is 0 Å². The Balaban J connectivity index is 2.10. The predicted octanol–water partition coefficient (Wildman–Crippen LogP) is 1.31. The lowest BCUT2D eigenvalue weighted by molar-refractivity contribution is 0.0496. The molecule has 0 saturated carbocycles. The van der Waals surface area contributed by atoms with Gasteiger partial charge in [0, 0.05) is 11.9 Å². The summed E-state index contributed by atoms with van der Waals surface area (Å²) >= 11 is 1.10. The molecule has 1 N–H and O–H groups in total. The molecule has 1 atom stereocenters. The normalized spacial score (nSPS) is 18.9. The van der Waals surface area contributed by atoms with Crippen LogP contribution in [-0.2, 0) is 4.74 Å².